The summed E-state index contributed by atoms with van der Waals surface area (Å²) in [7, 11) is 1.38. The lowest BCUT2D eigenvalue weighted by Crippen LogP contribution is -2.18. The Labute approximate surface area is 111 Å². The maximum Gasteiger partial charge on any atom is 0.327 e. The molecule has 0 spiro atoms. The second-order valence-electron chi connectivity index (χ2n) is 2.57. The molecule has 0 bridgehead atoms. The van der Waals surface area contributed by atoms with Crippen LogP contribution in [0.3, 0.4) is 0 Å². The molecule has 0 saturated heterocycles. The number of aliphatic hydroxyl groups is 2. The van der Waals surface area contributed by atoms with Crippen molar-refractivity contribution in [2.24, 2.45) is 0 Å². The molecule has 8 heteroatoms. The number of carboxylic acid groups (broad SMARTS) is 2. The molecule has 0 aliphatic rings. The van der Waals surface area contributed by atoms with Crippen molar-refractivity contribution < 1.29 is 39.5 Å². The van der Waals surface area contributed by atoms with Crippen LogP contribution in [0.1, 0.15) is 0 Å². The molecule has 0 saturated carbocycles. The van der Waals surface area contributed by atoms with Gasteiger partial charge in [-0.05, 0) is 0 Å². The fraction of sp³-hybridized carbons (Fsp3) is 0.455. The van der Waals surface area contributed by atoms with Crippen LogP contribution < -0.4 is 0 Å². The smallest absolute Gasteiger partial charge is 0.327 e. The minimum Gasteiger partial charge on any atom is -0.478 e. The van der Waals surface area contributed by atoms with Gasteiger partial charge < -0.3 is 29.9 Å². The van der Waals surface area contributed by atoms with Gasteiger partial charge in [0.2, 0.25) is 0 Å². The van der Waals surface area contributed by atoms with Crippen LogP contribution in [0, 0.1) is 0 Å². The Morgan fingerprint density at radius 3 is 1.79 bits per heavy atom. The Bertz CT molecular complexity index is 233. The van der Waals surface area contributed by atoms with Crippen LogP contribution in [0.25, 0.3) is 0 Å². The lowest BCUT2D eigenvalue weighted by Gasteiger charge is -2.06. The van der Waals surface area contributed by atoms with Gasteiger partial charge >= 0.3 is 11.9 Å². The third-order valence-corrected chi connectivity index (χ3v) is 1.12. The Hall–Kier alpha value is -1.74. The van der Waals surface area contributed by atoms with Gasteiger partial charge in [-0.25, -0.2) is 9.59 Å². The number of aliphatic carboxylic acids is 2. The Morgan fingerprint density at radius 2 is 1.58 bits per heavy atom. The van der Waals surface area contributed by atoms with Crippen LogP contribution in [0.2, 0.25) is 0 Å². The molecule has 8 nitrogen and oxygen atoms in total. The minimum atomic E-state index is -0.981. The third kappa shape index (κ3) is 38.6. The monoisotopic (exact) mass is 280 g/mol. The Morgan fingerprint density at radius 1 is 1.21 bits per heavy atom. The van der Waals surface area contributed by atoms with E-state index in [9.17, 15) is 9.59 Å². The number of aliphatic hydroxyl groups excluding tert-OH is 2. The van der Waals surface area contributed by atoms with Crippen LogP contribution in [-0.4, -0.2) is 65.6 Å². The lowest BCUT2D eigenvalue weighted by atomic mass is 10.7. The highest BCUT2D eigenvalue weighted by Gasteiger charge is 1.98. The van der Waals surface area contributed by atoms with E-state index in [1.807, 2.05) is 0 Å². The van der Waals surface area contributed by atoms with Crippen molar-refractivity contribution in [3.8, 4) is 0 Å². The van der Waals surface area contributed by atoms with Crippen LogP contribution in [0.4, 0.5) is 0 Å². The second kappa shape index (κ2) is 18.6. The van der Waals surface area contributed by atoms with Crippen molar-refractivity contribution in [2.45, 2.75) is 6.29 Å². The van der Waals surface area contributed by atoms with Gasteiger partial charge in [-0.3, -0.25) is 0 Å². The van der Waals surface area contributed by atoms with E-state index in [-0.39, 0.29) is 19.8 Å². The Kier molecular flexibility index (Phi) is 22.0. The molecular weight excluding hydrogens is 260 g/mol. The Balaban J connectivity index is -0.000000219. The van der Waals surface area contributed by atoms with E-state index in [1.165, 1.54) is 7.11 Å². The highest BCUT2D eigenvalue weighted by Crippen LogP contribution is 1.83. The average molecular weight is 280 g/mol. The van der Waals surface area contributed by atoms with Gasteiger partial charge in [0.15, 0.2) is 6.29 Å². The van der Waals surface area contributed by atoms with Crippen molar-refractivity contribution in [3.63, 3.8) is 0 Å². The van der Waals surface area contributed by atoms with Gasteiger partial charge in [-0.2, -0.15) is 0 Å². The summed E-state index contributed by atoms with van der Waals surface area (Å²) in [5.41, 5.74) is 0. The maximum atomic E-state index is 9.25. The summed E-state index contributed by atoms with van der Waals surface area (Å²) in [6, 6.07) is 0. The number of hydrogen-bond donors (Lipinski definition) is 4. The molecule has 0 heterocycles. The summed E-state index contributed by atoms with van der Waals surface area (Å²) >= 11 is 0. The van der Waals surface area contributed by atoms with E-state index in [0.29, 0.717) is 0 Å². The number of carboxylic acids is 2. The van der Waals surface area contributed by atoms with Gasteiger partial charge in [-0.15, -0.1) is 0 Å². The van der Waals surface area contributed by atoms with Crippen LogP contribution in [0.5, 0.6) is 0 Å². The van der Waals surface area contributed by atoms with Crippen molar-refractivity contribution in [1.29, 1.82) is 0 Å². The van der Waals surface area contributed by atoms with Gasteiger partial charge in [0.25, 0.3) is 0 Å². The average Bonchev–Trinajstić information content (AvgIpc) is 2.40. The first-order valence-corrected chi connectivity index (χ1v) is 4.95. The SMILES string of the molecule is C=CC(=O)O.C=CC(=O)O.COC(O)COCCO. The quantitative estimate of drug-likeness (QED) is 0.278. The number of methoxy groups -OCH3 is 1. The van der Waals surface area contributed by atoms with Crippen LogP contribution in [0.15, 0.2) is 25.3 Å². The number of carbonyl (C=O) groups is 2. The van der Waals surface area contributed by atoms with Gasteiger partial charge in [-0.1, -0.05) is 13.2 Å². The molecule has 0 aliphatic carbocycles. The fourth-order valence-corrected chi connectivity index (χ4v) is 0.317. The number of rotatable bonds is 7. The van der Waals surface area contributed by atoms with Gasteiger partial charge in [0, 0.05) is 19.3 Å². The summed E-state index contributed by atoms with van der Waals surface area (Å²) in [5.74, 6) is -1.96. The molecule has 1 unspecified atom stereocenters. The molecule has 4 N–H and O–H groups in total. The predicted octanol–water partition coefficient (Wildman–Crippen LogP) is -0.526. The topological polar surface area (TPSA) is 134 Å². The normalized spacial score (nSPS) is 9.84. The molecule has 0 aliphatic heterocycles. The van der Waals surface area contributed by atoms with E-state index < -0.39 is 18.2 Å². The molecule has 19 heavy (non-hydrogen) atoms. The van der Waals surface area contributed by atoms with E-state index in [4.69, 9.17) is 25.2 Å². The number of hydrogen-bond acceptors (Lipinski definition) is 6. The second-order valence-corrected chi connectivity index (χ2v) is 2.57. The highest BCUT2D eigenvalue weighted by atomic mass is 16.6. The van der Waals surface area contributed by atoms with Crippen molar-refractivity contribution >= 4 is 11.9 Å². The van der Waals surface area contributed by atoms with E-state index in [0.717, 1.165) is 12.2 Å². The minimum absolute atomic E-state index is 0.0313. The highest BCUT2D eigenvalue weighted by molar-refractivity contribution is 5.79. The first kappa shape index (κ1) is 22.4. The standard InChI is InChI=1S/C5H12O4.2C3H4O2/c1-8-5(7)4-9-3-2-6;2*1-2-3(4)5/h5-7H,2-4H2,1H3;2*2H,1H2,(H,4,5). The molecule has 0 aromatic carbocycles. The van der Waals surface area contributed by atoms with E-state index in [2.05, 4.69) is 17.9 Å². The molecule has 0 amide bonds. The molecule has 112 valence electrons. The van der Waals surface area contributed by atoms with E-state index in [1.54, 1.807) is 0 Å². The summed E-state index contributed by atoms with van der Waals surface area (Å²) < 4.78 is 9.16. The van der Waals surface area contributed by atoms with Crippen molar-refractivity contribution in [1.82, 2.24) is 0 Å². The zero-order valence-corrected chi connectivity index (χ0v) is 10.7. The van der Waals surface area contributed by atoms with Gasteiger partial charge in [0.1, 0.15) is 0 Å². The predicted molar refractivity (Wildman–Crippen MR) is 66.6 cm³/mol. The van der Waals surface area contributed by atoms with Crippen molar-refractivity contribution in [2.75, 3.05) is 26.9 Å². The fourth-order valence-electron chi connectivity index (χ4n) is 0.317. The first-order chi connectivity index (χ1) is 8.85. The molecule has 0 rings (SSSR count). The summed E-state index contributed by atoms with van der Waals surface area (Å²) in [5, 5.41) is 32.1. The molecule has 0 fully saturated rings. The summed E-state index contributed by atoms with van der Waals surface area (Å²) in [6.45, 7) is 6.23. The maximum absolute atomic E-state index is 9.25. The molecule has 0 aromatic rings. The lowest BCUT2D eigenvalue weighted by molar-refractivity contribution is -0.132. The molecule has 0 aromatic heterocycles. The van der Waals surface area contributed by atoms with Gasteiger partial charge in [0.05, 0.1) is 19.8 Å². The van der Waals surface area contributed by atoms with Crippen LogP contribution >= 0.6 is 0 Å². The molecular formula is C11H20O8. The summed E-state index contributed by atoms with van der Waals surface area (Å²) in [6.07, 6.45) is 0.788. The van der Waals surface area contributed by atoms with E-state index >= 15 is 0 Å². The largest absolute Gasteiger partial charge is 0.478 e. The molecule has 0 radical (unpaired) electrons. The zero-order chi connectivity index (χ0) is 15.7. The van der Waals surface area contributed by atoms with Crippen LogP contribution in [-0.2, 0) is 19.1 Å². The first-order valence-electron chi connectivity index (χ1n) is 4.95. The molecule has 1 atom stereocenters. The number of ether oxygens (including phenoxy) is 2. The zero-order valence-electron chi connectivity index (χ0n) is 10.7. The summed E-state index contributed by atoms with van der Waals surface area (Å²) in [4.78, 5) is 18.5. The third-order valence-electron chi connectivity index (χ3n) is 1.12. The van der Waals surface area contributed by atoms with Crippen molar-refractivity contribution in [3.05, 3.63) is 25.3 Å².